The second-order valence-electron chi connectivity index (χ2n) is 5.55. The van der Waals surface area contributed by atoms with Crippen LogP contribution in [0.3, 0.4) is 0 Å². The van der Waals surface area contributed by atoms with Gasteiger partial charge in [0, 0.05) is 11.4 Å². The molecule has 1 amide bonds. The van der Waals surface area contributed by atoms with Gasteiger partial charge in [0.15, 0.2) is 11.5 Å². The van der Waals surface area contributed by atoms with Gasteiger partial charge in [-0.25, -0.2) is 0 Å². The minimum absolute atomic E-state index is 0.228. The molecule has 0 fully saturated rings. The molecule has 0 atom stereocenters. The van der Waals surface area contributed by atoms with Crippen molar-refractivity contribution >= 4 is 34.7 Å². The fourth-order valence-corrected chi connectivity index (χ4v) is 2.57. The Balaban J connectivity index is 1.69. The minimum atomic E-state index is -0.314. The molecule has 7 heteroatoms. The summed E-state index contributed by atoms with van der Waals surface area (Å²) in [5.41, 5.74) is 2.69. The summed E-state index contributed by atoms with van der Waals surface area (Å²) in [6.45, 7) is 1.92. The lowest BCUT2D eigenvalue weighted by Crippen LogP contribution is -2.15. The summed E-state index contributed by atoms with van der Waals surface area (Å²) in [6.07, 6.45) is 0. The van der Waals surface area contributed by atoms with Crippen molar-refractivity contribution in [1.29, 1.82) is 0 Å². The fourth-order valence-electron chi connectivity index (χ4n) is 2.31. The first-order valence-corrected chi connectivity index (χ1v) is 8.26. The summed E-state index contributed by atoms with van der Waals surface area (Å²) in [5, 5.41) is 14.4. The number of anilines is 3. The van der Waals surface area contributed by atoms with Crippen molar-refractivity contribution in [3.63, 3.8) is 0 Å². The maximum absolute atomic E-state index is 12.3. The van der Waals surface area contributed by atoms with Crippen LogP contribution in [0.2, 0.25) is 5.02 Å². The minimum Gasteiger partial charge on any atom is -0.495 e. The van der Waals surface area contributed by atoms with Gasteiger partial charge in [0.2, 0.25) is 0 Å². The molecule has 0 saturated heterocycles. The van der Waals surface area contributed by atoms with Crippen LogP contribution in [0.4, 0.5) is 17.2 Å². The highest BCUT2D eigenvalue weighted by molar-refractivity contribution is 6.32. The van der Waals surface area contributed by atoms with Crippen LogP contribution in [0.5, 0.6) is 5.75 Å². The normalized spacial score (nSPS) is 10.3. The van der Waals surface area contributed by atoms with E-state index in [2.05, 4.69) is 20.8 Å². The zero-order valence-electron chi connectivity index (χ0n) is 14.3. The van der Waals surface area contributed by atoms with Gasteiger partial charge in [-0.3, -0.25) is 4.79 Å². The Hall–Kier alpha value is -3.12. The first-order valence-electron chi connectivity index (χ1n) is 7.88. The Labute approximate surface area is 156 Å². The van der Waals surface area contributed by atoms with Crippen LogP contribution >= 0.6 is 11.6 Å². The number of nitrogens with one attached hydrogen (secondary N) is 2. The number of ether oxygens (including phenoxy) is 1. The number of carbonyl (C=O) groups excluding carboxylic acids is 1. The molecule has 132 valence electrons. The van der Waals surface area contributed by atoms with Crippen LogP contribution in [0.15, 0.2) is 54.6 Å². The van der Waals surface area contributed by atoms with Crippen molar-refractivity contribution in [3.05, 3.63) is 70.9 Å². The third kappa shape index (κ3) is 4.10. The number of amides is 1. The molecule has 6 nitrogen and oxygen atoms in total. The van der Waals surface area contributed by atoms with E-state index in [0.29, 0.717) is 16.6 Å². The standard InChI is InChI=1S/C19H17ClN4O2/c1-12-5-3-4-6-15(12)22-19(25)16-8-10-18(24-23-16)21-13-7-9-17(26-2)14(20)11-13/h3-11H,1-2H3,(H,21,24)(H,22,25). The Morgan fingerprint density at radius 1 is 1.08 bits per heavy atom. The lowest BCUT2D eigenvalue weighted by Gasteiger charge is -2.09. The lowest BCUT2D eigenvalue weighted by atomic mass is 10.2. The quantitative estimate of drug-likeness (QED) is 0.696. The summed E-state index contributed by atoms with van der Waals surface area (Å²) in [7, 11) is 1.56. The van der Waals surface area contributed by atoms with Crippen LogP contribution in [0, 0.1) is 6.92 Å². The smallest absolute Gasteiger partial charge is 0.276 e. The predicted octanol–water partition coefficient (Wildman–Crippen LogP) is 4.44. The molecule has 0 aliphatic carbocycles. The first kappa shape index (κ1) is 17.7. The largest absolute Gasteiger partial charge is 0.495 e. The van der Waals surface area contributed by atoms with E-state index in [1.165, 1.54) is 0 Å². The number of rotatable bonds is 5. The number of para-hydroxylation sites is 1. The Morgan fingerprint density at radius 2 is 1.88 bits per heavy atom. The van der Waals surface area contributed by atoms with Gasteiger partial charge in [-0.05, 0) is 48.9 Å². The summed E-state index contributed by atoms with van der Waals surface area (Å²) in [6, 6.07) is 16.1. The zero-order chi connectivity index (χ0) is 18.5. The van der Waals surface area contributed by atoms with E-state index in [1.54, 1.807) is 31.4 Å². The molecule has 0 radical (unpaired) electrons. The van der Waals surface area contributed by atoms with E-state index >= 15 is 0 Å². The average Bonchev–Trinajstić information content (AvgIpc) is 2.64. The molecule has 0 saturated carbocycles. The van der Waals surface area contributed by atoms with E-state index in [-0.39, 0.29) is 11.6 Å². The van der Waals surface area contributed by atoms with Gasteiger partial charge >= 0.3 is 0 Å². The van der Waals surface area contributed by atoms with Gasteiger partial charge in [-0.15, -0.1) is 10.2 Å². The maximum atomic E-state index is 12.3. The number of hydrogen-bond acceptors (Lipinski definition) is 5. The number of halogens is 1. The highest BCUT2D eigenvalue weighted by Crippen LogP contribution is 2.28. The van der Waals surface area contributed by atoms with Crippen LogP contribution in [0.25, 0.3) is 0 Å². The third-order valence-electron chi connectivity index (χ3n) is 3.71. The number of nitrogens with zero attached hydrogens (tertiary/aromatic N) is 2. The SMILES string of the molecule is COc1ccc(Nc2ccc(C(=O)Nc3ccccc3C)nn2)cc1Cl. The molecule has 1 heterocycles. The summed E-state index contributed by atoms with van der Waals surface area (Å²) >= 11 is 6.10. The highest BCUT2D eigenvalue weighted by Gasteiger charge is 2.10. The Morgan fingerprint density at radius 3 is 2.54 bits per heavy atom. The molecule has 26 heavy (non-hydrogen) atoms. The number of methoxy groups -OCH3 is 1. The van der Waals surface area contributed by atoms with Gasteiger partial charge in [-0.1, -0.05) is 29.8 Å². The highest BCUT2D eigenvalue weighted by atomic mass is 35.5. The van der Waals surface area contributed by atoms with Crippen molar-refractivity contribution in [2.75, 3.05) is 17.7 Å². The first-order chi connectivity index (χ1) is 12.6. The van der Waals surface area contributed by atoms with Crippen molar-refractivity contribution < 1.29 is 9.53 Å². The van der Waals surface area contributed by atoms with Crippen LogP contribution < -0.4 is 15.4 Å². The monoisotopic (exact) mass is 368 g/mol. The van der Waals surface area contributed by atoms with E-state index in [0.717, 1.165) is 16.9 Å². The zero-order valence-corrected chi connectivity index (χ0v) is 15.0. The number of hydrogen-bond donors (Lipinski definition) is 2. The van der Waals surface area contributed by atoms with Gasteiger partial charge in [0.1, 0.15) is 5.75 Å². The molecule has 3 aromatic rings. The number of carbonyl (C=O) groups is 1. The summed E-state index contributed by atoms with van der Waals surface area (Å²) in [4.78, 5) is 12.3. The Kier molecular flexibility index (Phi) is 5.34. The van der Waals surface area contributed by atoms with Crippen LogP contribution in [0.1, 0.15) is 16.1 Å². The third-order valence-corrected chi connectivity index (χ3v) is 4.01. The van der Waals surface area contributed by atoms with Gasteiger partial charge in [0.05, 0.1) is 12.1 Å². The van der Waals surface area contributed by atoms with E-state index in [9.17, 15) is 4.79 Å². The molecule has 0 spiro atoms. The predicted molar refractivity (Wildman–Crippen MR) is 102 cm³/mol. The van der Waals surface area contributed by atoms with E-state index < -0.39 is 0 Å². The molecule has 0 aliphatic rings. The Bertz CT molecular complexity index is 929. The average molecular weight is 369 g/mol. The van der Waals surface area contributed by atoms with E-state index in [1.807, 2.05) is 37.3 Å². The van der Waals surface area contributed by atoms with Crippen molar-refractivity contribution in [2.45, 2.75) is 6.92 Å². The molecule has 2 N–H and O–H groups in total. The number of aromatic nitrogens is 2. The molecule has 0 bridgehead atoms. The molecular formula is C19H17ClN4O2. The maximum Gasteiger partial charge on any atom is 0.276 e. The van der Waals surface area contributed by atoms with Crippen molar-refractivity contribution in [1.82, 2.24) is 10.2 Å². The molecule has 0 aliphatic heterocycles. The van der Waals surface area contributed by atoms with Crippen molar-refractivity contribution in [2.24, 2.45) is 0 Å². The fraction of sp³-hybridized carbons (Fsp3) is 0.105. The lowest BCUT2D eigenvalue weighted by molar-refractivity contribution is 0.102. The number of aryl methyl sites for hydroxylation is 1. The van der Waals surface area contributed by atoms with Gasteiger partial charge in [-0.2, -0.15) is 0 Å². The topological polar surface area (TPSA) is 76.1 Å². The van der Waals surface area contributed by atoms with E-state index in [4.69, 9.17) is 16.3 Å². The second kappa shape index (κ2) is 7.84. The molecule has 0 unspecified atom stereocenters. The molecule has 2 aromatic carbocycles. The van der Waals surface area contributed by atoms with Gasteiger partial charge in [0.25, 0.3) is 5.91 Å². The molecule has 1 aromatic heterocycles. The second-order valence-corrected chi connectivity index (χ2v) is 5.95. The van der Waals surface area contributed by atoms with Gasteiger partial charge < -0.3 is 15.4 Å². The molecule has 3 rings (SSSR count). The van der Waals surface area contributed by atoms with Crippen LogP contribution in [-0.2, 0) is 0 Å². The number of benzene rings is 2. The van der Waals surface area contributed by atoms with Crippen molar-refractivity contribution in [3.8, 4) is 5.75 Å². The van der Waals surface area contributed by atoms with Crippen LogP contribution in [-0.4, -0.2) is 23.2 Å². The summed E-state index contributed by atoms with van der Waals surface area (Å²) < 4.78 is 5.12. The molecular weight excluding hydrogens is 352 g/mol. The summed E-state index contributed by atoms with van der Waals surface area (Å²) in [5.74, 6) is 0.774.